The highest BCUT2D eigenvalue weighted by atomic mass is 16.5. The molecule has 0 saturated heterocycles. The summed E-state index contributed by atoms with van der Waals surface area (Å²) < 4.78 is 11.4. The van der Waals surface area contributed by atoms with Crippen LogP contribution in [-0.2, 0) is 24.1 Å². The Balaban J connectivity index is 1.74. The lowest BCUT2D eigenvalue weighted by atomic mass is 9.97. The first-order valence-electron chi connectivity index (χ1n) is 7.85. The number of benzene rings is 1. The first-order chi connectivity index (χ1) is 10.1. The second-order valence-electron chi connectivity index (χ2n) is 6.23. The highest BCUT2D eigenvalue weighted by molar-refractivity contribution is 5.80. The predicted octanol–water partition coefficient (Wildman–Crippen LogP) is 2.26. The molecular weight excluding hydrogens is 266 g/mol. The largest absolute Gasteiger partial charge is 0.493 e. The zero-order valence-electron chi connectivity index (χ0n) is 12.8. The molecule has 0 aromatic heterocycles. The monoisotopic (exact) mass is 289 g/mol. The second-order valence-corrected chi connectivity index (χ2v) is 6.23. The minimum atomic E-state index is 0.0775. The van der Waals surface area contributed by atoms with Crippen LogP contribution in [0.3, 0.4) is 0 Å². The van der Waals surface area contributed by atoms with E-state index in [0.29, 0.717) is 25.6 Å². The number of hydrogen-bond donors (Lipinski definition) is 1. The Hall–Kier alpha value is -1.71. The van der Waals surface area contributed by atoms with E-state index >= 15 is 0 Å². The number of hydrogen-bond acceptors (Lipinski definition) is 3. The lowest BCUT2D eigenvalue weighted by molar-refractivity contribution is -0.120. The third-order valence-corrected chi connectivity index (χ3v) is 4.14. The van der Waals surface area contributed by atoms with Crippen LogP contribution in [0.25, 0.3) is 0 Å². The van der Waals surface area contributed by atoms with Crippen molar-refractivity contribution in [3.63, 3.8) is 0 Å². The van der Waals surface area contributed by atoms with Crippen molar-refractivity contribution in [2.24, 2.45) is 5.92 Å². The molecule has 2 aliphatic rings. The molecule has 1 amide bonds. The van der Waals surface area contributed by atoms with Gasteiger partial charge in [-0.25, -0.2) is 0 Å². The average molecular weight is 289 g/mol. The van der Waals surface area contributed by atoms with E-state index in [1.807, 2.05) is 0 Å². The standard InChI is InChI=1S/C17H23NO3/c1-11(2)3-6-18-16(19)10-14-13-5-8-20-15(13)9-12-4-7-21-17(12)14/h9,11H,3-8,10H2,1-2H3,(H,18,19). The van der Waals surface area contributed by atoms with Crippen molar-refractivity contribution in [1.82, 2.24) is 5.32 Å². The first kappa shape index (κ1) is 14.2. The number of rotatable bonds is 5. The predicted molar refractivity (Wildman–Crippen MR) is 81.0 cm³/mol. The van der Waals surface area contributed by atoms with Crippen molar-refractivity contribution in [2.45, 2.75) is 39.5 Å². The summed E-state index contributed by atoms with van der Waals surface area (Å²) >= 11 is 0. The summed E-state index contributed by atoms with van der Waals surface area (Å²) in [7, 11) is 0. The number of ether oxygens (including phenoxy) is 2. The minimum Gasteiger partial charge on any atom is -0.493 e. The van der Waals surface area contributed by atoms with Crippen LogP contribution in [0.2, 0.25) is 0 Å². The van der Waals surface area contributed by atoms with Gasteiger partial charge in [0.05, 0.1) is 19.6 Å². The highest BCUT2D eigenvalue weighted by Gasteiger charge is 2.27. The number of carbonyl (C=O) groups is 1. The van der Waals surface area contributed by atoms with Gasteiger partial charge in [-0.3, -0.25) is 4.79 Å². The quantitative estimate of drug-likeness (QED) is 0.904. The minimum absolute atomic E-state index is 0.0775. The van der Waals surface area contributed by atoms with Crippen molar-refractivity contribution in [1.29, 1.82) is 0 Å². The maximum absolute atomic E-state index is 12.2. The van der Waals surface area contributed by atoms with E-state index in [-0.39, 0.29) is 5.91 Å². The van der Waals surface area contributed by atoms with Gasteiger partial charge >= 0.3 is 0 Å². The summed E-state index contributed by atoms with van der Waals surface area (Å²) in [6.07, 6.45) is 3.19. The van der Waals surface area contributed by atoms with Crippen molar-refractivity contribution in [3.05, 3.63) is 22.8 Å². The summed E-state index contributed by atoms with van der Waals surface area (Å²) in [5, 5.41) is 3.01. The van der Waals surface area contributed by atoms with E-state index in [1.165, 1.54) is 5.56 Å². The van der Waals surface area contributed by atoms with Gasteiger partial charge < -0.3 is 14.8 Å². The summed E-state index contributed by atoms with van der Waals surface area (Å²) in [5.74, 6) is 2.56. The number of nitrogens with one attached hydrogen (secondary N) is 1. The Morgan fingerprint density at radius 1 is 1.29 bits per heavy atom. The van der Waals surface area contributed by atoms with Crippen LogP contribution in [-0.4, -0.2) is 25.7 Å². The van der Waals surface area contributed by atoms with E-state index in [9.17, 15) is 4.79 Å². The fraction of sp³-hybridized carbons (Fsp3) is 0.588. The van der Waals surface area contributed by atoms with E-state index < -0.39 is 0 Å². The molecule has 0 radical (unpaired) electrons. The van der Waals surface area contributed by atoms with Crippen molar-refractivity contribution in [2.75, 3.05) is 19.8 Å². The molecule has 3 rings (SSSR count). The normalized spacial score (nSPS) is 15.4. The zero-order valence-corrected chi connectivity index (χ0v) is 12.8. The Morgan fingerprint density at radius 2 is 2.10 bits per heavy atom. The molecule has 21 heavy (non-hydrogen) atoms. The molecule has 0 aliphatic carbocycles. The summed E-state index contributed by atoms with van der Waals surface area (Å²) in [6.45, 7) is 6.48. The fourth-order valence-corrected chi connectivity index (χ4v) is 3.00. The van der Waals surface area contributed by atoms with Crippen LogP contribution in [0.1, 0.15) is 37.0 Å². The molecule has 0 atom stereocenters. The Morgan fingerprint density at radius 3 is 2.90 bits per heavy atom. The summed E-state index contributed by atoms with van der Waals surface area (Å²) in [6, 6.07) is 2.09. The fourth-order valence-electron chi connectivity index (χ4n) is 3.00. The van der Waals surface area contributed by atoms with E-state index in [1.54, 1.807) is 0 Å². The van der Waals surface area contributed by atoms with Gasteiger partial charge in [-0.15, -0.1) is 0 Å². The van der Waals surface area contributed by atoms with Crippen molar-refractivity contribution < 1.29 is 14.3 Å². The lowest BCUT2D eigenvalue weighted by Crippen LogP contribution is -2.27. The zero-order chi connectivity index (χ0) is 14.8. The average Bonchev–Trinajstić information content (AvgIpc) is 3.06. The number of carbonyl (C=O) groups excluding carboxylic acids is 1. The van der Waals surface area contributed by atoms with Crippen LogP contribution in [0.15, 0.2) is 6.07 Å². The van der Waals surface area contributed by atoms with Crippen molar-refractivity contribution >= 4 is 5.91 Å². The molecule has 0 unspecified atom stereocenters. The maximum Gasteiger partial charge on any atom is 0.224 e. The third-order valence-electron chi connectivity index (χ3n) is 4.14. The van der Waals surface area contributed by atoms with Crippen LogP contribution in [0, 0.1) is 5.92 Å². The molecule has 1 aromatic rings. The topological polar surface area (TPSA) is 47.6 Å². The highest BCUT2D eigenvalue weighted by Crippen LogP contribution is 2.40. The van der Waals surface area contributed by atoms with Gasteiger partial charge in [-0.05, 0) is 18.4 Å². The molecule has 4 heteroatoms. The van der Waals surface area contributed by atoms with Gasteiger partial charge in [-0.2, -0.15) is 0 Å². The van der Waals surface area contributed by atoms with Crippen molar-refractivity contribution in [3.8, 4) is 11.5 Å². The van der Waals surface area contributed by atoms with Gasteiger partial charge in [0.25, 0.3) is 0 Å². The Kier molecular flexibility index (Phi) is 4.04. The van der Waals surface area contributed by atoms with Gasteiger partial charge in [0.15, 0.2) is 0 Å². The molecule has 1 N–H and O–H groups in total. The Bertz CT molecular complexity index is 519. The van der Waals surface area contributed by atoms with Crippen LogP contribution in [0.5, 0.6) is 11.5 Å². The van der Waals surface area contributed by atoms with Gasteiger partial charge in [0.2, 0.25) is 5.91 Å². The molecule has 114 valence electrons. The smallest absolute Gasteiger partial charge is 0.224 e. The lowest BCUT2D eigenvalue weighted by Gasteiger charge is -2.13. The van der Waals surface area contributed by atoms with Crippen LogP contribution in [0.4, 0.5) is 0 Å². The molecule has 0 spiro atoms. The number of amides is 1. The molecule has 0 bridgehead atoms. The maximum atomic E-state index is 12.2. The van der Waals surface area contributed by atoms with Crippen LogP contribution < -0.4 is 14.8 Å². The molecule has 0 saturated carbocycles. The Labute approximate surface area is 125 Å². The molecular formula is C17H23NO3. The number of fused-ring (bicyclic) bond motifs is 2. The molecule has 0 fully saturated rings. The third kappa shape index (κ3) is 2.99. The van der Waals surface area contributed by atoms with Gasteiger partial charge in [-0.1, -0.05) is 13.8 Å². The van der Waals surface area contributed by atoms with E-state index in [2.05, 4.69) is 25.2 Å². The molecule has 1 aromatic carbocycles. The summed E-state index contributed by atoms with van der Waals surface area (Å²) in [5.41, 5.74) is 3.38. The SMILES string of the molecule is CC(C)CCNC(=O)Cc1c2c(cc3c1OCC3)OCC2. The van der Waals surface area contributed by atoms with Crippen LogP contribution >= 0.6 is 0 Å². The van der Waals surface area contributed by atoms with E-state index in [0.717, 1.165) is 48.4 Å². The van der Waals surface area contributed by atoms with Gasteiger partial charge in [0, 0.05) is 36.1 Å². The molecule has 2 aliphatic heterocycles. The molecule has 4 nitrogen and oxygen atoms in total. The second kappa shape index (κ2) is 5.96. The molecule has 2 heterocycles. The summed E-state index contributed by atoms with van der Waals surface area (Å²) in [4.78, 5) is 12.2. The first-order valence-corrected chi connectivity index (χ1v) is 7.85. The van der Waals surface area contributed by atoms with Gasteiger partial charge in [0.1, 0.15) is 11.5 Å². The van der Waals surface area contributed by atoms with E-state index in [4.69, 9.17) is 9.47 Å².